The number of amides is 1. The molecule has 0 saturated carbocycles. The number of non-ortho nitro benzene ring substituents is 1. The number of rotatable bonds is 8. The fourth-order valence-corrected chi connectivity index (χ4v) is 2.77. The lowest BCUT2D eigenvalue weighted by Gasteiger charge is -2.13. The van der Waals surface area contributed by atoms with Crippen molar-refractivity contribution >= 4 is 29.4 Å². The molecule has 0 radical (unpaired) electrons. The van der Waals surface area contributed by atoms with Crippen molar-refractivity contribution in [2.45, 2.75) is 6.61 Å². The smallest absolute Gasteiger partial charge is 0.271 e. The Morgan fingerprint density at radius 1 is 1.13 bits per heavy atom. The van der Waals surface area contributed by atoms with Gasteiger partial charge < -0.3 is 9.47 Å². The molecular weight excluding hydrogens is 422 g/mol. The van der Waals surface area contributed by atoms with Gasteiger partial charge in [0.15, 0.2) is 11.5 Å². The first kappa shape index (κ1) is 21.8. The number of hydrazone groups is 1. The van der Waals surface area contributed by atoms with Crippen LogP contribution in [-0.2, 0) is 6.61 Å². The SMILES string of the molecule is COc1cccc(/C=N/NC(=O)c2ccc([N+](=O)[O-])cc2)c1OCc1ccc(Cl)cc1. The quantitative estimate of drug-likeness (QED) is 0.314. The van der Waals surface area contributed by atoms with Gasteiger partial charge in [0, 0.05) is 28.3 Å². The summed E-state index contributed by atoms with van der Waals surface area (Å²) in [4.78, 5) is 22.4. The average molecular weight is 440 g/mol. The third kappa shape index (κ3) is 5.80. The predicted molar refractivity (Wildman–Crippen MR) is 117 cm³/mol. The number of nitrogens with one attached hydrogen (secondary N) is 1. The highest BCUT2D eigenvalue weighted by Gasteiger charge is 2.11. The molecule has 0 unspecified atom stereocenters. The molecule has 0 spiro atoms. The maximum Gasteiger partial charge on any atom is 0.271 e. The van der Waals surface area contributed by atoms with Crippen molar-refractivity contribution in [2.75, 3.05) is 7.11 Å². The van der Waals surface area contributed by atoms with Gasteiger partial charge in [0.2, 0.25) is 0 Å². The minimum absolute atomic E-state index is 0.0982. The molecule has 0 atom stereocenters. The van der Waals surface area contributed by atoms with E-state index in [0.29, 0.717) is 22.1 Å². The van der Waals surface area contributed by atoms with Gasteiger partial charge in [-0.15, -0.1) is 0 Å². The summed E-state index contributed by atoms with van der Waals surface area (Å²) >= 11 is 5.91. The number of benzene rings is 3. The van der Waals surface area contributed by atoms with Crippen LogP contribution >= 0.6 is 11.6 Å². The van der Waals surface area contributed by atoms with E-state index in [9.17, 15) is 14.9 Å². The van der Waals surface area contributed by atoms with Gasteiger partial charge in [-0.3, -0.25) is 14.9 Å². The number of hydrogen-bond donors (Lipinski definition) is 1. The van der Waals surface area contributed by atoms with E-state index in [0.717, 1.165) is 5.56 Å². The third-order valence-corrected chi connectivity index (χ3v) is 4.49. The van der Waals surface area contributed by atoms with Gasteiger partial charge in [-0.05, 0) is 42.0 Å². The normalized spacial score (nSPS) is 10.6. The number of nitro benzene ring substituents is 1. The molecule has 3 aromatic carbocycles. The summed E-state index contributed by atoms with van der Waals surface area (Å²) in [6, 6.07) is 17.8. The zero-order chi connectivity index (χ0) is 22.2. The number of hydrogen-bond acceptors (Lipinski definition) is 6. The van der Waals surface area contributed by atoms with E-state index < -0.39 is 10.8 Å². The number of nitro groups is 1. The first-order valence-electron chi connectivity index (χ1n) is 9.10. The molecule has 0 aliphatic rings. The van der Waals surface area contributed by atoms with Crippen LogP contribution in [0, 0.1) is 10.1 Å². The molecule has 0 aliphatic carbocycles. The van der Waals surface area contributed by atoms with Gasteiger partial charge in [-0.25, -0.2) is 5.43 Å². The summed E-state index contributed by atoms with van der Waals surface area (Å²) in [5.74, 6) is 0.477. The van der Waals surface area contributed by atoms with Crippen molar-refractivity contribution in [2.24, 2.45) is 5.10 Å². The van der Waals surface area contributed by atoms with Crippen LogP contribution in [0.5, 0.6) is 11.5 Å². The van der Waals surface area contributed by atoms with Gasteiger partial charge in [0.25, 0.3) is 11.6 Å². The van der Waals surface area contributed by atoms with Crippen molar-refractivity contribution < 1.29 is 19.2 Å². The minimum Gasteiger partial charge on any atom is -0.493 e. The van der Waals surface area contributed by atoms with Gasteiger partial charge >= 0.3 is 0 Å². The molecular formula is C22H18ClN3O5. The van der Waals surface area contributed by atoms with E-state index in [2.05, 4.69) is 10.5 Å². The standard InChI is InChI=1S/C22H18ClN3O5/c1-30-20-4-2-3-17(21(20)31-14-15-5-9-18(23)10-6-15)13-24-25-22(27)16-7-11-19(12-8-16)26(28)29/h2-13H,14H2,1H3,(H,25,27)/b24-13+. The topological polar surface area (TPSA) is 103 Å². The Morgan fingerprint density at radius 3 is 2.48 bits per heavy atom. The van der Waals surface area contributed by atoms with E-state index >= 15 is 0 Å². The molecule has 0 bridgehead atoms. The molecule has 9 heteroatoms. The molecule has 0 fully saturated rings. The molecule has 0 aromatic heterocycles. The Morgan fingerprint density at radius 2 is 1.84 bits per heavy atom. The van der Waals surface area contributed by atoms with Crippen LogP contribution in [0.4, 0.5) is 5.69 Å². The maximum absolute atomic E-state index is 12.2. The second kappa shape index (κ2) is 10.2. The van der Waals surface area contributed by atoms with Gasteiger partial charge in [0.1, 0.15) is 6.61 Å². The Bertz CT molecular complexity index is 1100. The molecule has 0 saturated heterocycles. The summed E-state index contributed by atoms with van der Waals surface area (Å²) in [5.41, 5.74) is 4.05. The van der Waals surface area contributed by atoms with E-state index in [1.165, 1.54) is 37.6 Å². The number of carbonyl (C=O) groups excluding carboxylic acids is 1. The lowest BCUT2D eigenvalue weighted by molar-refractivity contribution is -0.384. The fourth-order valence-electron chi connectivity index (χ4n) is 2.65. The van der Waals surface area contributed by atoms with Crippen LogP contribution in [0.1, 0.15) is 21.5 Å². The van der Waals surface area contributed by atoms with E-state index in [1.54, 1.807) is 30.3 Å². The second-order valence-electron chi connectivity index (χ2n) is 6.30. The van der Waals surface area contributed by atoms with Crippen LogP contribution in [0.3, 0.4) is 0 Å². The zero-order valence-corrected chi connectivity index (χ0v) is 17.2. The molecule has 3 rings (SSSR count). The van der Waals surface area contributed by atoms with Gasteiger partial charge in [-0.1, -0.05) is 29.8 Å². The van der Waals surface area contributed by atoms with Crippen LogP contribution in [0.2, 0.25) is 5.02 Å². The Balaban J connectivity index is 1.71. The first-order valence-corrected chi connectivity index (χ1v) is 9.48. The maximum atomic E-state index is 12.2. The molecule has 0 aliphatic heterocycles. The summed E-state index contributed by atoms with van der Waals surface area (Å²) in [6.07, 6.45) is 1.43. The van der Waals surface area contributed by atoms with Crippen molar-refractivity contribution in [3.8, 4) is 11.5 Å². The Labute approximate surface area is 183 Å². The first-order chi connectivity index (χ1) is 15.0. The van der Waals surface area contributed by atoms with E-state index in [1.807, 2.05) is 12.1 Å². The Kier molecular flexibility index (Phi) is 7.18. The highest BCUT2D eigenvalue weighted by Crippen LogP contribution is 2.31. The number of methoxy groups -OCH3 is 1. The minimum atomic E-state index is -0.534. The third-order valence-electron chi connectivity index (χ3n) is 4.24. The fraction of sp³-hybridized carbons (Fsp3) is 0.0909. The largest absolute Gasteiger partial charge is 0.493 e. The number of carbonyl (C=O) groups is 1. The summed E-state index contributed by atoms with van der Waals surface area (Å²) < 4.78 is 11.3. The molecule has 0 heterocycles. The van der Waals surface area contributed by atoms with Crippen LogP contribution in [-0.4, -0.2) is 24.2 Å². The number of halogens is 1. The average Bonchev–Trinajstić information content (AvgIpc) is 2.79. The lowest BCUT2D eigenvalue weighted by atomic mass is 10.2. The van der Waals surface area contributed by atoms with Crippen LogP contribution < -0.4 is 14.9 Å². The second-order valence-corrected chi connectivity index (χ2v) is 6.73. The Hall–Kier alpha value is -3.91. The number of nitrogens with zero attached hydrogens (tertiary/aromatic N) is 2. The number of ether oxygens (including phenoxy) is 2. The van der Waals surface area contributed by atoms with E-state index in [4.69, 9.17) is 21.1 Å². The van der Waals surface area contributed by atoms with Crippen molar-refractivity contribution in [3.63, 3.8) is 0 Å². The van der Waals surface area contributed by atoms with Crippen molar-refractivity contribution in [3.05, 3.63) is 98.6 Å². The van der Waals surface area contributed by atoms with E-state index in [-0.39, 0.29) is 17.9 Å². The highest BCUT2D eigenvalue weighted by molar-refractivity contribution is 6.30. The van der Waals surface area contributed by atoms with Crippen molar-refractivity contribution in [1.29, 1.82) is 0 Å². The highest BCUT2D eigenvalue weighted by atomic mass is 35.5. The number of para-hydroxylation sites is 1. The van der Waals surface area contributed by atoms with Gasteiger partial charge in [0.05, 0.1) is 18.2 Å². The predicted octanol–water partition coefficient (Wildman–Crippen LogP) is 4.60. The zero-order valence-electron chi connectivity index (χ0n) is 16.4. The van der Waals surface area contributed by atoms with Crippen LogP contribution in [0.25, 0.3) is 0 Å². The summed E-state index contributed by atoms with van der Waals surface area (Å²) in [6.45, 7) is 0.285. The van der Waals surface area contributed by atoms with Gasteiger partial charge in [-0.2, -0.15) is 5.10 Å². The summed E-state index contributed by atoms with van der Waals surface area (Å²) in [7, 11) is 1.53. The molecule has 1 amide bonds. The monoisotopic (exact) mass is 439 g/mol. The molecule has 3 aromatic rings. The summed E-state index contributed by atoms with van der Waals surface area (Å²) in [5, 5.41) is 15.3. The molecule has 1 N–H and O–H groups in total. The molecule has 8 nitrogen and oxygen atoms in total. The molecule has 158 valence electrons. The van der Waals surface area contributed by atoms with Crippen molar-refractivity contribution in [1.82, 2.24) is 5.43 Å². The molecule has 31 heavy (non-hydrogen) atoms. The lowest BCUT2D eigenvalue weighted by Crippen LogP contribution is -2.17. The van der Waals surface area contributed by atoms with Crippen LogP contribution in [0.15, 0.2) is 71.8 Å².